The lowest BCUT2D eigenvalue weighted by Gasteiger charge is -2.25. The van der Waals surface area contributed by atoms with Gasteiger partial charge in [-0.3, -0.25) is 4.79 Å². The molecule has 0 amide bonds. The monoisotopic (exact) mass is 412 g/mol. The summed E-state index contributed by atoms with van der Waals surface area (Å²) in [6, 6.07) is 3.07. The molecule has 2 aromatic rings. The molecule has 3 aliphatic rings. The minimum Gasteiger partial charge on any atom is -0.462 e. The van der Waals surface area contributed by atoms with Crippen molar-refractivity contribution in [3.05, 3.63) is 39.4 Å². The van der Waals surface area contributed by atoms with Crippen molar-refractivity contribution < 1.29 is 13.9 Å². The first kappa shape index (κ1) is 19.6. The highest BCUT2D eigenvalue weighted by Gasteiger charge is 2.47. The summed E-state index contributed by atoms with van der Waals surface area (Å²) in [5, 5.41) is 0.591. The van der Waals surface area contributed by atoms with Gasteiger partial charge in [-0.15, -0.1) is 0 Å². The summed E-state index contributed by atoms with van der Waals surface area (Å²) in [5.41, 5.74) is 2.26. The number of aryl methyl sites for hydroxylation is 1. The van der Waals surface area contributed by atoms with Gasteiger partial charge in [-0.05, 0) is 75.0 Å². The van der Waals surface area contributed by atoms with Crippen LogP contribution in [0.1, 0.15) is 67.9 Å². The molecule has 6 heteroatoms. The number of carbonyl (C=O) groups excluding carboxylic acids is 1. The van der Waals surface area contributed by atoms with Crippen LogP contribution >= 0.6 is 0 Å². The fourth-order valence-corrected chi connectivity index (χ4v) is 5.22. The van der Waals surface area contributed by atoms with Crippen molar-refractivity contribution in [2.45, 2.75) is 58.9 Å². The molecule has 2 heterocycles. The summed E-state index contributed by atoms with van der Waals surface area (Å²) in [5.74, 6) is -0.317. The van der Waals surface area contributed by atoms with E-state index in [2.05, 4.69) is 11.8 Å². The molecule has 0 spiro atoms. The second kappa shape index (κ2) is 6.82. The summed E-state index contributed by atoms with van der Waals surface area (Å²) < 4.78 is 22.1. The standard InChI is InChI=1S/C24H29FN2O3/c1-4-30-23(29)18-11-15-12-19(25)21(26-10-7-16(13-26)24(3)8-9-24)14(2)20(15)27(22(18)28)17-5-6-17/h11-12,16-17H,4-10,13H2,1-3H3. The summed E-state index contributed by atoms with van der Waals surface area (Å²) in [6.07, 6.45) is 5.42. The third-order valence-electron chi connectivity index (χ3n) is 7.42. The number of ether oxygens (including phenoxy) is 1. The number of fused-ring (bicyclic) bond motifs is 1. The van der Waals surface area contributed by atoms with Crippen LogP contribution in [0, 0.1) is 24.1 Å². The number of benzene rings is 1. The van der Waals surface area contributed by atoms with Crippen molar-refractivity contribution in [1.82, 2.24) is 4.57 Å². The SMILES string of the molecule is CCOC(=O)c1cc2cc(F)c(N3CCC(C4(C)CC4)C3)c(C)c2n(C2CC2)c1=O. The van der Waals surface area contributed by atoms with Crippen LogP contribution in [-0.2, 0) is 4.74 Å². The normalized spacial score (nSPS) is 22.5. The number of hydrogen-bond donors (Lipinski definition) is 0. The summed E-state index contributed by atoms with van der Waals surface area (Å²) in [6.45, 7) is 7.87. The van der Waals surface area contributed by atoms with Crippen LogP contribution in [0.15, 0.2) is 16.9 Å². The molecule has 5 rings (SSSR count). The third kappa shape index (κ3) is 3.03. The number of nitrogens with zero attached hydrogens (tertiary/aromatic N) is 2. The molecule has 0 N–H and O–H groups in total. The Morgan fingerprint density at radius 1 is 1.27 bits per heavy atom. The van der Waals surface area contributed by atoms with Gasteiger partial charge >= 0.3 is 5.97 Å². The Bertz CT molecular complexity index is 1100. The first-order valence-electron chi connectivity index (χ1n) is 11.1. The van der Waals surface area contributed by atoms with E-state index in [1.807, 2.05) is 6.92 Å². The molecule has 5 nitrogen and oxygen atoms in total. The minimum absolute atomic E-state index is 0.00862. The molecule has 1 aromatic heterocycles. The van der Waals surface area contributed by atoms with Crippen molar-refractivity contribution in [3.63, 3.8) is 0 Å². The van der Waals surface area contributed by atoms with E-state index in [4.69, 9.17) is 4.74 Å². The molecule has 2 aliphatic carbocycles. The highest BCUT2D eigenvalue weighted by molar-refractivity contribution is 5.96. The predicted octanol–water partition coefficient (Wildman–Crippen LogP) is 4.59. The Morgan fingerprint density at radius 3 is 2.63 bits per heavy atom. The van der Waals surface area contributed by atoms with Gasteiger partial charge in [0.1, 0.15) is 11.4 Å². The molecule has 3 fully saturated rings. The average molecular weight is 413 g/mol. The average Bonchev–Trinajstić information content (AvgIpc) is 3.62. The second-order valence-electron chi connectivity index (χ2n) is 9.54. The Balaban J connectivity index is 1.65. The van der Waals surface area contributed by atoms with Crippen LogP contribution in [0.2, 0.25) is 0 Å². The van der Waals surface area contributed by atoms with E-state index in [1.54, 1.807) is 11.5 Å². The van der Waals surface area contributed by atoms with E-state index < -0.39 is 5.97 Å². The highest BCUT2D eigenvalue weighted by Crippen LogP contribution is 2.55. The number of esters is 1. The van der Waals surface area contributed by atoms with E-state index >= 15 is 4.39 Å². The maximum atomic E-state index is 15.4. The fraction of sp³-hybridized carbons (Fsp3) is 0.583. The lowest BCUT2D eigenvalue weighted by molar-refractivity contribution is 0.0524. The lowest BCUT2D eigenvalue weighted by Crippen LogP contribution is -2.29. The Hall–Kier alpha value is -2.37. The van der Waals surface area contributed by atoms with Gasteiger partial charge in [0.05, 0.1) is 17.8 Å². The van der Waals surface area contributed by atoms with Crippen LogP contribution in [0.4, 0.5) is 10.1 Å². The maximum Gasteiger partial charge on any atom is 0.343 e. The highest BCUT2D eigenvalue weighted by atomic mass is 19.1. The molecule has 1 aromatic carbocycles. The smallest absolute Gasteiger partial charge is 0.343 e. The van der Waals surface area contributed by atoms with Crippen LogP contribution in [0.25, 0.3) is 10.9 Å². The quantitative estimate of drug-likeness (QED) is 0.674. The fourth-order valence-electron chi connectivity index (χ4n) is 5.22. The van der Waals surface area contributed by atoms with Crippen molar-refractivity contribution in [1.29, 1.82) is 0 Å². The number of aromatic nitrogens is 1. The van der Waals surface area contributed by atoms with E-state index in [9.17, 15) is 9.59 Å². The number of carbonyl (C=O) groups is 1. The topological polar surface area (TPSA) is 51.5 Å². The van der Waals surface area contributed by atoms with Gasteiger partial charge in [0.25, 0.3) is 5.56 Å². The Morgan fingerprint density at radius 2 is 2.00 bits per heavy atom. The number of anilines is 1. The molecule has 1 saturated heterocycles. The second-order valence-corrected chi connectivity index (χ2v) is 9.54. The van der Waals surface area contributed by atoms with Crippen molar-refractivity contribution in [3.8, 4) is 0 Å². The van der Waals surface area contributed by atoms with Gasteiger partial charge in [0.2, 0.25) is 0 Å². The molecule has 160 valence electrons. The zero-order chi connectivity index (χ0) is 21.2. The van der Waals surface area contributed by atoms with E-state index in [0.29, 0.717) is 22.4 Å². The van der Waals surface area contributed by atoms with Crippen molar-refractivity contribution in [2.24, 2.45) is 11.3 Å². The molecule has 0 bridgehead atoms. The zero-order valence-electron chi connectivity index (χ0n) is 18.0. The Kier molecular flexibility index (Phi) is 4.46. The number of halogens is 1. The molecular formula is C24H29FN2O3. The molecule has 1 unspecified atom stereocenters. The molecular weight excluding hydrogens is 383 g/mol. The number of rotatable bonds is 5. The van der Waals surface area contributed by atoms with Crippen LogP contribution in [0.5, 0.6) is 0 Å². The van der Waals surface area contributed by atoms with Gasteiger partial charge < -0.3 is 14.2 Å². The first-order chi connectivity index (χ1) is 14.3. The molecule has 0 radical (unpaired) electrons. The molecule has 2 saturated carbocycles. The van der Waals surface area contributed by atoms with E-state index in [0.717, 1.165) is 43.4 Å². The van der Waals surface area contributed by atoms with Gasteiger partial charge in [0.15, 0.2) is 0 Å². The van der Waals surface area contributed by atoms with E-state index in [-0.39, 0.29) is 29.6 Å². The number of pyridine rings is 1. The number of hydrogen-bond acceptors (Lipinski definition) is 4. The molecule has 30 heavy (non-hydrogen) atoms. The van der Waals surface area contributed by atoms with Gasteiger partial charge in [0, 0.05) is 24.5 Å². The minimum atomic E-state index is -0.638. The van der Waals surface area contributed by atoms with Gasteiger partial charge in [-0.25, -0.2) is 9.18 Å². The van der Waals surface area contributed by atoms with Crippen LogP contribution in [-0.4, -0.2) is 30.2 Å². The van der Waals surface area contributed by atoms with Gasteiger partial charge in [-0.1, -0.05) is 6.92 Å². The van der Waals surface area contributed by atoms with Crippen molar-refractivity contribution >= 4 is 22.6 Å². The van der Waals surface area contributed by atoms with E-state index in [1.165, 1.54) is 25.0 Å². The third-order valence-corrected chi connectivity index (χ3v) is 7.42. The van der Waals surface area contributed by atoms with Crippen LogP contribution in [0.3, 0.4) is 0 Å². The summed E-state index contributed by atoms with van der Waals surface area (Å²) >= 11 is 0. The summed E-state index contributed by atoms with van der Waals surface area (Å²) in [7, 11) is 0. The predicted molar refractivity (Wildman–Crippen MR) is 115 cm³/mol. The first-order valence-corrected chi connectivity index (χ1v) is 11.1. The Labute approximate surface area is 175 Å². The van der Waals surface area contributed by atoms with Gasteiger partial charge in [-0.2, -0.15) is 0 Å². The summed E-state index contributed by atoms with van der Waals surface area (Å²) in [4.78, 5) is 27.7. The lowest BCUT2D eigenvalue weighted by atomic mass is 9.90. The van der Waals surface area contributed by atoms with Crippen LogP contribution < -0.4 is 10.5 Å². The largest absolute Gasteiger partial charge is 0.462 e. The zero-order valence-corrected chi connectivity index (χ0v) is 18.0. The van der Waals surface area contributed by atoms with Crippen molar-refractivity contribution in [2.75, 3.05) is 24.6 Å². The molecule has 1 aliphatic heterocycles. The maximum absolute atomic E-state index is 15.4. The molecule has 1 atom stereocenters.